The van der Waals surface area contributed by atoms with E-state index in [0.717, 1.165) is 25.7 Å². The van der Waals surface area contributed by atoms with Crippen molar-refractivity contribution in [3.63, 3.8) is 0 Å². The minimum absolute atomic E-state index is 0.168. The summed E-state index contributed by atoms with van der Waals surface area (Å²) in [7, 11) is 0. The molecule has 0 spiro atoms. The molecule has 0 radical (unpaired) electrons. The van der Waals surface area contributed by atoms with Crippen molar-refractivity contribution in [3.8, 4) is 0 Å². The number of unbranched alkanes of at least 4 members (excludes halogenated alkanes) is 5. The number of rotatable bonds is 9. The lowest BCUT2D eigenvalue weighted by Crippen LogP contribution is -2.51. The molecule has 140 valence electrons. The van der Waals surface area contributed by atoms with E-state index in [1.807, 2.05) is 0 Å². The molecular weight excluding hydrogens is 312 g/mol. The number of carbonyl (C=O) groups is 3. The normalized spacial score (nSPS) is 10.6. The van der Waals surface area contributed by atoms with Gasteiger partial charge in [-0.2, -0.15) is 0 Å². The van der Waals surface area contributed by atoms with Gasteiger partial charge in [0, 0.05) is 6.42 Å². The standard InChI is InChI=1S/C17H32N2O5/c1-6-7-8-9-10-11-12-15(20)19(17(22)24-14(4)5)18-16(21)23-13(2)3/h13-14H,6-12H2,1-5H3,(H,18,21). The first-order valence-corrected chi connectivity index (χ1v) is 8.78. The van der Waals surface area contributed by atoms with Crippen molar-refractivity contribution in [1.29, 1.82) is 0 Å². The molecule has 0 aromatic rings. The zero-order valence-corrected chi connectivity index (χ0v) is 15.6. The zero-order valence-electron chi connectivity index (χ0n) is 15.6. The highest BCUT2D eigenvalue weighted by Gasteiger charge is 2.26. The third kappa shape index (κ3) is 10.9. The second-order valence-electron chi connectivity index (χ2n) is 6.25. The van der Waals surface area contributed by atoms with Crippen molar-refractivity contribution in [2.45, 2.75) is 91.8 Å². The molecule has 0 rings (SSSR count). The lowest BCUT2D eigenvalue weighted by molar-refractivity contribution is -0.132. The molecule has 3 amide bonds. The molecule has 0 saturated heterocycles. The average molecular weight is 344 g/mol. The largest absolute Gasteiger partial charge is 0.446 e. The quantitative estimate of drug-likeness (QED) is 0.501. The zero-order chi connectivity index (χ0) is 18.5. The summed E-state index contributed by atoms with van der Waals surface area (Å²) >= 11 is 0. The van der Waals surface area contributed by atoms with E-state index in [1.54, 1.807) is 27.7 Å². The Labute approximate surface area is 145 Å². The summed E-state index contributed by atoms with van der Waals surface area (Å²) in [5, 5.41) is 0.608. The molecule has 0 fully saturated rings. The van der Waals surface area contributed by atoms with Crippen LogP contribution in [0.4, 0.5) is 9.59 Å². The second kappa shape index (κ2) is 12.6. The Kier molecular flexibility index (Phi) is 11.7. The predicted octanol–water partition coefficient (Wildman–Crippen LogP) is 4.16. The average Bonchev–Trinajstić information content (AvgIpc) is 2.46. The van der Waals surface area contributed by atoms with E-state index in [2.05, 4.69) is 12.3 Å². The summed E-state index contributed by atoms with van der Waals surface area (Å²) in [6.07, 6.45) is 3.77. The molecule has 1 N–H and O–H groups in total. The highest BCUT2D eigenvalue weighted by atomic mass is 16.6. The van der Waals surface area contributed by atoms with Gasteiger partial charge in [-0.15, -0.1) is 5.01 Å². The molecule has 7 heteroatoms. The summed E-state index contributed by atoms with van der Waals surface area (Å²) in [5.41, 5.74) is 2.16. The van der Waals surface area contributed by atoms with Gasteiger partial charge in [0.1, 0.15) is 0 Å². The SMILES string of the molecule is CCCCCCCCC(=O)N(NC(=O)OC(C)C)C(=O)OC(C)C. The van der Waals surface area contributed by atoms with Gasteiger partial charge in [-0.25, -0.2) is 15.0 Å². The van der Waals surface area contributed by atoms with Crippen molar-refractivity contribution in [2.75, 3.05) is 0 Å². The van der Waals surface area contributed by atoms with E-state index in [1.165, 1.54) is 6.42 Å². The van der Waals surface area contributed by atoms with Crippen LogP contribution in [0.25, 0.3) is 0 Å². The smallest absolute Gasteiger partial charge is 0.436 e. The molecule has 0 aliphatic rings. The number of hydrogen-bond acceptors (Lipinski definition) is 5. The second-order valence-corrected chi connectivity index (χ2v) is 6.25. The van der Waals surface area contributed by atoms with Gasteiger partial charge in [0.05, 0.1) is 12.2 Å². The van der Waals surface area contributed by atoms with Gasteiger partial charge in [-0.3, -0.25) is 4.79 Å². The van der Waals surface area contributed by atoms with Crippen LogP contribution in [0.15, 0.2) is 0 Å². The molecule has 0 bridgehead atoms. The monoisotopic (exact) mass is 344 g/mol. The van der Waals surface area contributed by atoms with Crippen LogP contribution in [0.1, 0.15) is 79.6 Å². The maximum Gasteiger partial charge on any atom is 0.436 e. The fourth-order valence-corrected chi connectivity index (χ4v) is 1.96. The van der Waals surface area contributed by atoms with Gasteiger partial charge in [-0.1, -0.05) is 39.0 Å². The van der Waals surface area contributed by atoms with Gasteiger partial charge in [0.25, 0.3) is 5.91 Å². The summed E-state index contributed by atoms with van der Waals surface area (Å²) in [6, 6.07) is 0. The first-order valence-electron chi connectivity index (χ1n) is 8.78. The van der Waals surface area contributed by atoms with E-state index in [-0.39, 0.29) is 12.5 Å². The summed E-state index contributed by atoms with van der Waals surface area (Å²) in [5.74, 6) is -0.503. The minimum atomic E-state index is -0.901. The molecule has 0 aliphatic carbocycles. The molecule has 0 saturated carbocycles. The molecule has 0 heterocycles. The number of carbonyl (C=O) groups excluding carboxylic acids is 3. The number of nitrogens with one attached hydrogen (secondary N) is 1. The van der Waals surface area contributed by atoms with Crippen LogP contribution >= 0.6 is 0 Å². The minimum Gasteiger partial charge on any atom is -0.446 e. The first-order chi connectivity index (χ1) is 11.3. The number of nitrogens with zero attached hydrogens (tertiary/aromatic N) is 1. The lowest BCUT2D eigenvalue weighted by atomic mass is 10.1. The topological polar surface area (TPSA) is 84.9 Å². The van der Waals surface area contributed by atoms with Crippen LogP contribution in [0.2, 0.25) is 0 Å². The number of hydrogen-bond donors (Lipinski definition) is 1. The van der Waals surface area contributed by atoms with Gasteiger partial charge >= 0.3 is 12.2 Å². The Bertz CT molecular complexity index is 396. The maximum absolute atomic E-state index is 12.2. The van der Waals surface area contributed by atoms with Crippen molar-refractivity contribution < 1.29 is 23.9 Å². The highest BCUT2D eigenvalue weighted by Crippen LogP contribution is 2.09. The van der Waals surface area contributed by atoms with Crippen LogP contribution in [0.5, 0.6) is 0 Å². The van der Waals surface area contributed by atoms with E-state index >= 15 is 0 Å². The van der Waals surface area contributed by atoms with Crippen molar-refractivity contribution in [1.82, 2.24) is 10.4 Å². The summed E-state index contributed by atoms with van der Waals surface area (Å²) in [6.45, 7) is 8.83. The van der Waals surface area contributed by atoms with E-state index in [9.17, 15) is 14.4 Å². The van der Waals surface area contributed by atoms with Gasteiger partial charge in [0.2, 0.25) is 0 Å². The highest BCUT2D eigenvalue weighted by molar-refractivity contribution is 5.93. The molecule has 0 unspecified atom stereocenters. The van der Waals surface area contributed by atoms with E-state index in [0.29, 0.717) is 11.4 Å². The van der Waals surface area contributed by atoms with Crippen LogP contribution in [-0.4, -0.2) is 35.3 Å². The molecule has 0 aromatic carbocycles. The molecule has 7 nitrogen and oxygen atoms in total. The van der Waals surface area contributed by atoms with Crippen molar-refractivity contribution in [2.24, 2.45) is 0 Å². The summed E-state index contributed by atoms with van der Waals surface area (Å²) < 4.78 is 9.90. The maximum atomic E-state index is 12.2. The van der Waals surface area contributed by atoms with Gasteiger partial charge < -0.3 is 9.47 Å². The van der Waals surface area contributed by atoms with Crippen LogP contribution < -0.4 is 5.43 Å². The number of ether oxygens (including phenoxy) is 2. The Morgan fingerprint density at radius 1 is 0.875 bits per heavy atom. The van der Waals surface area contributed by atoms with Crippen molar-refractivity contribution >= 4 is 18.1 Å². The Morgan fingerprint density at radius 3 is 1.96 bits per heavy atom. The number of hydrazine groups is 1. The predicted molar refractivity (Wildman–Crippen MR) is 91.2 cm³/mol. The first kappa shape index (κ1) is 22.2. The molecule has 0 aromatic heterocycles. The fourth-order valence-electron chi connectivity index (χ4n) is 1.96. The van der Waals surface area contributed by atoms with Gasteiger partial charge in [0.15, 0.2) is 0 Å². The number of imide groups is 1. The van der Waals surface area contributed by atoms with E-state index in [4.69, 9.17) is 9.47 Å². The van der Waals surface area contributed by atoms with Crippen LogP contribution in [-0.2, 0) is 14.3 Å². The number of amides is 3. The fraction of sp³-hybridized carbons (Fsp3) is 0.824. The molecule has 0 aliphatic heterocycles. The van der Waals surface area contributed by atoms with Crippen molar-refractivity contribution in [3.05, 3.63) is 0 Å². The van der Waals surface area contributed by atoms with Crippen LogP contribution in [0, 0.1) is 0 Å². The Hall–Kier alpha value is -1.79. The summed E-state index contributed by atoms with van der Waals surface area (Å²) in [4.78, 5) is 35.9. The molecular formula is C17H32N2O5. The molecule has 24 heavy (non-hydrogen) atoms. The Morgan fingerprint density at radius 2 is 1.42 bits per heavy atom. The third-order valence-corrected chi connectivity index (χ3v) is 3.06. The molecule has 0 atom stereocenters. The third-order valence-electron chi connectivity index (χ3n) is 3.06. The van der Waals surface area contributed by atoms with E-state index < -0.39 is 24.2 Å². The Balaban J connectivity index is 4.52. The van der Waals surface area contributed by atoms with Crippen LogP contribution in [0.3, 0.4) is 0 Å². The lowest BCUT2D eigenvalue weighted by Gasteiger charge is -2.22. The van der Waals surface area contributed by atoms with Gasteiger partial charge in [-0.05, 0) is 34.1 Å².